The largest absolute Gasteiger partial charge is 0.494 e. The zero-order valence-corrected chi connectivity index (χ0v) is 21.3. The van der Waals surface area contributed by atoms with Crippen molar-refractivity contribution in [2.75, 3.05) is 26.1 Å². The van der Waals surface area contributed by atoms with Gasteiger partial charge in [-0.1, -0.05) is 0 Å². The zero-order chi connectivity index (χ0) is 26.8. The molecule has 5 rings (SSSR count). The number of aromatic nitrogens is 7. The number of nitrogens with one attached hydrogen (secondary N) is 1. The minimum absolute atomic E-state index is 0.170. The maximum absolute atomic E-state index is 14.0. The molecule has 4 heterocycles. The highest BCUT2D eigenvalue weighted by Gasteiger charge is 2.21. The Morgan fingerprint density at radius 1 is 1.05 bits per heavy atom. The number of hydrogen-bond acceptors (Lipinski definition) is 8. The van der Waals surface area contributed by atoms with Crippen LogP contribution in [0.1, 0.15) is 23.4 Å². The van der Waals surface area contributed by atoms with Gasteiger partial charge in [0.2, 0.25) is 0 Å². The van der Waals surface area contributed by atoms with Crippen molar-refractivity contribution in [3.63, 3.8) is 0 Å². The van der Waals surface area contributed by atoms with Crippen molar-refractivity contribution in [1.29, 1.82) is 0 Å². The number of rotatable bonds is 9. The number of pyridine rings is 1. The standard InChI is InChI=1S/C26H26F2N8O2/c1-15-5-7-23(33-32-15)30-20-11-19-21(12-22(20)38-4)36(14-29-19)24-8-6-17(26(27)28)25(31-24)18-13-35(9-10-37-3)34-16(18)2/h5-8,11-14,26H,9-10H2,1-4H3,(H,30,33). The lowest BCUT2D eigenvalue weighted by Crippen LogP contribution is -2.04. The smallest absolute Gasteiger partial charge is 0.265 e. The highest BCUT2D eigenvalue weighted by atomic mass is 19.3. The van der Waals surface area contributed by atoms with Crippen molar-refractivity contribution in [2.24, 2.45) is 0 Å². The van der Waals surface area contributed by atoms with Gasteiger partial charge < -0.3 is 14.8 Å². The van der Waals surface area contributed by atoms with E-state index >= 15 is 0 Å². The summed E-state index contributed by atoms with van der Waals surface area (Å²) in [5, 5.41) is 15.8. The van der Waals surface area contributed by atoms with E-state index in [4.69, 9.17) is 9.47 Å². The molecule has 196 valence electrons. The van der Waals surface area contributed by atoms with Crippen molar-refractivity contribution in [1.82, 2.24) is 34.5 Å². The second-order valence-electron chi connectivity index (χ2n) is 8.63. The monoisotopic (exact) mass is 520 g/mol. The first-order valence-electron chi connectivity index (χ1n) is 11.8. The molecule has 0 saturated carbocycles. The van der Waals surface area contributed by atoms with Crippen LogP contribution in [0.5, 0.6) is 5.75 Å². The number of hydrogen-bond donors (Lipinski definition) is 1. The fourth-order valence-corrected chi connectivity index (χ4v) is 4.12. The quantitative estimate of drug-likeness (QED) is 0.289. The van der Waals surface area contributed by atoms with Crippen LogP contribution >= 0.6 is 0 Å². The minimum atomic E-state index is -2.70. The Labute approximate surface area is 217 Å². The predicted molar refractivity (Wildman–Crippen MR) is 138 cm³/mol. The van der Waals surface area contributed by atoms with Gasteiger partial charge in [-0.25, -0.2) is 18.7 Å². The van der Waals surface area contributed by atoms with Gasteiger partial charge in [0.25, 0.3) is 6.43 Å². The summed E-state index contributed by atoms with van der Waals surface area (Å²) in [6, 6.07) is 10.2. The molecular weight excluding hydrogens is 494 g/mol. The molecule has 0 fully saturated rings. The number of imidazole rings is 1. The molecule has 12 heteroatoms. The highest BCUT2D eigenvalue weighted by Crippen LogP contribution is 2.35. The van der Waals surface area contributed by atoms with Gasteiger partial charge in [-0.3, -0.25) is 9.25 Å². The molecule has 0 radical (unpaired) electrons. The van der Waals surface area contributed by atoms with E-state index in [-0.39, 0.29) is 11.3 Å². The van der Waals surface area contributed by atoms with Crippen molar-refractivity contribution in [3.05, 3.63) is 65.9 Å². The number of anilines is 2. The summed E-state index contributed by atoms with van der Waals surface area (Å²) in [4.78, 5) is 9.16. The van der Waals surface area contributed by atoms with Crippen molar-refractivity contribution in [3.8, 4) is 22.8 Å². The maximum Gasteiger partial charge on any atom is 0.265 e. The molecule has 38 heavy (non-hydrogen) atoms. The molecule has 1 N–H and O–H groups in total. The molecule has 0 aliphatic rings. The molecule has 1 aromatic carbocycles. The van der Waals surface area contributed by atoms with E-state index in [1.54, 1.807) is 49.0 Å². The number of halogens is 2. The maximum atomic E-state index is 14.0. The lowest BCUT2D eigenvalue weighted by Gasteiger charge is -2.13. The second kappa shape index (κ2) is 10.5. The van der Waals surface area contributed by atoms with Crippen LogP contribution in [0.2, 0.25) is 0 Å². The lowest BCUT2D eigenvalue weighted by atomic mass is 10.1. The van der Waals surface area contributed by atoms with Crippen LogP contribution in [0.4, 0.5) is 20.3 Å². The van der Waals surface area contributed by atoms with Crippen molar-refractivity contribution < 1.29 is 18.3 Å². The number of nitrogens with zero attached hydrogens (tertiary/aromatic N) is 7. The Hall–Kier alpha value is -4.45. The first kappa shape index (κ1) is 25.2. The first-order chi connectivity index (χ1) is 18.4. The first-order valence-corrected chi connectivity index (χ1v) is 11.8. The van der Waals surface area contributed by atoms with Crippen LogP contribution in [0.3, 0.4) is 0 Å². The fourth-order valence-electron chi connectivity index (χ4n) is 4.12. The number of benzene rings is 1. The number of methoxy groups -OCH3 is 2. The molecule has 0 atom stereocenters. The highest BCUT2D eigenvalue weighted by molar-refractivity contribution is 5.86. The van der Waals surface area contributed by atoms with Crippen LogP contribution in [0.25, 0.3) is 28.1 Å². The van der Waals surface area contributed by atoms with Crippen LogP contribution in [0.15, 0.2) is 48.9 Å². The predicted octanol–water partition coefficient (Wildman–Crippen LogP) is 5.03. The van der Waals surface area contributed by atoms with E-state index < -0.39 is 6.43 Å². The van der Waals surface area contributed by atoms with Gasteiger partial charge in [0.05, 0.1) is 54.1 Å². The third-order valence-corrected chi connectivity index (χ3v) is 6.05. The molecule has 5 aromatic rings. The molecule has 0 aliphatic heterocycles. The van der Waals surface area contributed by atoms with E-state index in [0.29, 0.717) is 58.5 Å². The summed E-state index contributed by atoms with van der Waals surface area (Å²) >= 11 is 0. The molecule has 0 unspecified atom stereocenters. The van der Waals surface area contributed by atoms with E-state index in [0.717, 1.165) is 5.69 Å². The van der Waals surface area contributed by atoms with Crippen molar-refractivity contribution in [2.45, 2.75) is 26.8 Å². The van der Waals surface area contributed by atoms with Gasteiger partial charge in [0.15, 0.2) is 5.82 Å². The number of alkyl halides is 2. The second-order valence-corrected chi connectivity index (χ2v) is 8.63. The molecule has 0 saturated heterocycles. The molecule has 0 bridgehead atoms. The topological polar surface area (TPSA) is 105 Å². The minimum Gasteiger partial charge on any atom is -0.494 e. The average molecular weight is 521 g/mol. The summed E-state index contributed by atoms with van der Waals surface area (Å²) in [5.41, 5.74) is 3.93. The molecule has 0 spiro atoms. The summed E-state index contributed by atoms with van der Waals surface area (Å²) in [6.45, 7) is 4.58. The van der Waals surface area contributed by atoms with Gasteiger partial charge in [-0.15, -0.1) is 5.10 Å². The number of aryl methyl sites for hydroxylation is 2. The number of fused-ring (bicyclic) bond motifs is 1. The van der Waals surface area contributed by atoms with Crippen LogP contribution in [-0.4, -0.2) is 55.3 Å². The van der Waals surface area contributed by atoms with E-state index in [1.165, 1.54) is 6.07 Å². The zero-order valence-electron chi connectivity index (χ0n) is 21.3. The molecular formula is C26H26F2N8O2. The Bertz CT molecular complexity index is 1580. The van der Waals surface area contributed by atoms with Gasteiger partial charge in [0.1, 0.15) is 17.9 Å². The number of ether oxygens (including phenoxy) is 2. The SMILES string of the molecule is COCCn1cc(-c2nc(-n3cnc4cc(Nc5ccc(C)nn5)c(OC)cc43)ccc2C(F)F)c(C)n1. The Morgan fingerprint density at radius 2 is 1.89 bits per heavy atom. The summed E-state index contributed by atoms with van der Waals surface area (Å²) in [6.07, 6.45) is 0.613. The fraction of sp³-hybridized carbons (Fsp3) is 0.269. The lowest BCUT2D eigenvalue weighted by molar-refractivity contribution is 0.151. The van der Waals surface area contributed by atoms with E-state index in [1.807, 2.05) is 31.2 Å². The Balaban J connectivity index is 1.57. The van der Waals surface area contributed by atoms with E-state index in [9.17, 15) is 8.78 Å². The third kappa shape index (κ3) is 4.90. The molecule has 4 aromatic heterocycles. The average Bonchev–Trinajstić information content (AvgIpc) is 3.50. The van der Waals surface area contributed by atoms with Gasteiger partial charge in [-0.2, -0.15) is 10.2 Å². The van der Waals surface area contributed by atoms with Crippen molar-refractivity contribution >= 4 is 22.5 Å². The van der Waals surface area contributed by atoms with Gasteiger partial charge in [0, 0.05) is 30.5 Å². The summed E-state index contributed by atoms with van der Waals surface area (Å²) in [7, 11) is 3.16. The summed E-state index contributed by atoms with van der Waals surface area (Å²) in [5.74, 6) is 1.53. The Kier molecular flexibility index (Phi) is 6.97. The van der Waals surface area contributed by atoms with Crippen LogP contribution < -0.4 is 10.1 Å². The molecule has 0 amide bonds. The van der Waals surface area contributed by atoms with Crippen LogP contribution in [0, 0.1) is 13.8 Å². The molecule has 10 nitrogen and oxygen atoms in total. The van der Waals surface area contributed by atoms with Gasteiger partial charge >= 0.3 is 0 Å². The van der Waals surface area contributed by atoms with E-state index in [2.05, 4.69) is 30.6 Å². The van der Waals surface area contributed by atoms with Crippen LogP contribution in [-0.2, 0) is 11.3 Å². The van der Waals surface area contributed by atoms with Gasteiger partial charge in [-0.05, 0) is 44.2 Å². The third-order valence-electron chi connectivity index (χ3n) is 6.05. The summed E-state index contributed by atoms with van der Waals surface area (Å²) < 4.78 is 42.1. The Morgan fingerprint density at radius 3 is 2.61 bits per heavy atom. The normalized spacial score (nSPS) is 11.4. The molecule has 0 aliphatic carbocycles.